The van der Waals surface area contributed by atoms with Crippen LogP contribution >= 0.6 is 0 Å². The first-order valence-corrected chi connectivity index (χ1v) is 10.4. The largest absolute Gasteiger partial charge is 0.326 e. The van der Waals surface area contributed by atoms with Crippen molar-refractivity contribution in [3.05, 3.63) is 71.3 Å². The highest BCUT2D eigenvalue weighted by Gasteiger charge is 2.29. The molecule has 3 rings (SSSR count). The van der Waals surface area contributed by atoms with Gasteiger partial charge in [0, 0.05) is 31.1 Å². The number of nitrogens with zero attached hydrogens (tertiary/aromatic N) is 1. The average molecular weight is 398 g/mol. The van der Waals surface area contributed by atoms with E-state index in [2.05, 4.69) is 5.32 Å². The van der Waals surface area contributed by atoms with E-state index in [4.69, 9.17) is 0 Å². The lowest BCUT2D eigenvalue weighted by Gasteiger charge is -2.26. The normalized spacial score (nSPS) is 15.0. The van der Waals surface area contributed by atoms with Crippen molar-refractivity contribution in [3.8, 4) is 0 Å². The van der Waals surface area contributed by atoms with Gasteiger partial charge in [0.2, 0.25) is 15.9 Å². The summed E-state index contributed by atoms with van der Waals surface area (Å²) in [6, 6.07) is 13.4. The summed E-state index contributed by atoms with van der Waals surface area (Å²) in [6.07, 6.45) is 2.22. The topological polar surface area (TPSA) is 83.6 Å². The van der Waals surface area contributed by atoms with Gasteiger partial charge in [0.25, 0.3) is 0 Å². The summed E-state index contributed by atoms with van der Waals surface area (Å²) in [6.45, 7) is 3.59. The van der Waals surface area contributed by atoms with Gasteiger partial charge >= 0.3 is 0 Å². The Kier molecular flexibility index (Phi) is 5.76. The Morgan fingerprint density at radius 2 is 1.71 bits per heavy atom. The fourth-order valence-corrected chi connectivity index (χ4v) is 4.53. The van der Waals surface area contributed by atoms with Crippen molar-refractivity contribution in [3.63, 3.8) is 0 Å². The predicted molar refractivity (Wildman–Crippen MR) is 108 cm³/mol. The van der Waals surface area contributed by atoms with Gasteiger partial charge in [0.05, 0.1) is 10.6 Å². The number of aryl methyl sites for hydroxylation is 1. The highest BCUT2D eigenvalue weighted by Crippen LogP contribution is 2.25. The van der Waals surface area contributed by atoms with E-state index in [9.17, 15) is 18.0 Å². The molecule has 28 heavy (non-hydrogen) atoms. The fourth-order valence-electron chi connectivity index (χ4n) is 3.10. The number of hydrogen-bond donors (Lipinski definition) is 1. The Labute approximate surface area is 164 Å². The maximum Gasteiger partial charge on any atom is 0.243 e. The Balaban J connectivity index is 1.86. The lowest BCUT2D eigenvalue weighted by molar-refractivity contribution is -0.114. The smallest absolute Gasteiger partial charge is 0.243 e. The molecule has 0 unspecified atom stereocenters. The Hall–Kier alpha value is -2.77. The Morgan fingerprint density at radius 1 is 1.04 bits per heavy atom. The minimum atomic E-state index is -3.69. The summed E-state index contributed by atoms with van der Waals surface area (Å²) in [5.41, 5.74) is 2.14. The number of carbonyl (C=O) groups excluding carboxylic acids is 2. The molecule has 0 aliphatic carbocycles. The van der Waals surface area contributed by atoms with Crippen molar-refractivity contribution in [2.75, 3.05) is 18.4 Å². The van der Waals surface area contributed by atoms with Crippen LogP contribution in [-0.4, -0.2) is 37.5 Å². The zero-order valence-corrected chi connectivity index (χ0v) is 16.6. The van der Waals surface area contributed by atoms with Crippen LogP contribution in [0.25, 0.3) is 0 Å². The third-order valence-electron chi connectivity index (χ3n) is 4.55. The van der Waals surface area contributed by atoms with E-state index in [0.717, 1.165) is 5.56 Å². The minimum absolute atomic E-state index is 0.00342. The maximum atomic E-state index is 13.0. The standard InChI is InChI=1S/C21H22N2O4S/c1-15-9-11-18(12-10-15)28(26,27)23-13-5-6-17(14-23)21(25)19-7-3-4-8-20(19)22-16(2)24/h3-4,6-12H,5,13-14H2,1-2H3,(H,22,24). The highest BCUT2D eigenvalue weighted by atomic mass is 32.2. The number of amides is 1. The van der Waals surface area contributed by atoms with Crippen LogP contribution in [0.3, 0.4) is 0 Å². The molecular formula is C21H22N2O4S. The van der Waals surface area contributed by atoms with Crippen LogP contribution in [0, 0.1) is 6.92 Å². The monoisotopic (exact) mass is 398 g/mol. The molecule has 146 valence electrons. The van der Waals surface area contributed by atoms with Gasteiger partial charge in [0.15, 0.2) is 5.78 Å². The highest BCUT2D eigenvalue weighted by molar-refractivity contribution is 7.89. The zero-order chi connectivity index (χ0) is 20.3. The first kappa shape index (κ1) is 20.0. The van der Waals surface area contributed by atoms with E-state index >= 15 is 0 Å². The number of rotatable bonds is 5. The van der Waals surface area contributed by atoms with Crippen LogP contribution in [0.2, 0.25) is 0 Å². The molecule has 0 aromatic heterocycles. The third kappa shape index (κ3) is 4.21. The van der Waals surface area contributed by atoms with Crippen molar-refractivity contribution in [1.82, 2.24) is 4.31 Å². The van der Waals surface area contributed by atoms with Crippen LogP contribution < -0.4 is 5.32 Å². The van der Waals surface area contributed by atoms with Gasteiger partial charge in [-0.05, 0) is 37.6 Å². The fraction of sp³-hybridized carbons (Fsp3) is 0.238. The van der Waals surface area contributed by atoms with Crippen LogP contribution in [0.15, 0.2) is 65.1 Å². The first-order valence-electron chi connectivity index (χ1n) is 8.96. The van der Waals surface area contributed by atoms with E-state index < -0.39 is 10.0 Å². The third-order valence-corrected chi connectivity index (χ3v) is 6.41. The van der Waals surface area contributed by atoms with Crippen LogP contribution in [0.1, 0.15) is 29.3 Å². The molecule has 1 aliphatic heterocycles. The summed E-state index contributed by atoms with van der Waals surface area (Å²) in [5.74, 6) is -0.561. The first-order chi connectivity index (χ1) is 13.3. The zero-order valence-electron chi connectivity index (χ0n) is 15.8. The number of anilines is 1. The summed E-state index contributed by atoms with van der Waals surface area (Å²) in [4.78, 5) is 24.6. The van der Waals surface area contributed by atoms with Crippen molar-refractivity contribution in [2.24, 2.45) is 0 Å². The van der Waals surface area contributed by atoms with E-state index in [1.807, 2.05) is 6.92 Å². The SMILES string of the molecule is CC(=O)Nc1ccccc1C(=O)C1=CCCN(S(=O)(=O)c2ccc(C)cc2)C1. The number of sulfonamides is 1. The van der Waals surface area contributed by atoms with E-state index in [1.54, 1.807) is 54.6 Å². The molecule has 1 amide bonds. The second kappa shape index (κ2) is 8.08. The van der Waals surface area contributed by atoms with Crippen LogP contribution in [0.4, 0.5) is 5.69 Å². The second-order valence-corrected chi connectivity index (χ2v) is 8.66. The number of para-hydroxylation sites is 1. The van der Waals surface area contributed by atoms with Crippen LogP contribution in [0.5, 0.6) is 0 Å². The molecule has 1 heterocycles. The maximum absolute atomic E-state index is 13.0. The van der Waals surface area contributed by atoms with Crippen molar-refractivity contribution >= 4 is 27.4 Å². The molecule has 0 radical (unpaired) electrons. The molecule has 0 saturated heterocycles. The number of benzene rings is 2. The predicted octanol–water partition coefficient (Wildman–Crippen LogP) is 3.16. The van der Waals surface area contributed by atoms with Crippen molar-refractivity contribution in [1.29, 1.82) is 0 Å². The molecule has 7 heteroatoms. The molecule has 6 nitrogen and oxygen atoms in total. The number of carbonyl (C=O) groups is 2. The molecule has 2 aromatic rings. The van der Waals surface area contributed by atoms with E-state index in [0.29, 0.717) is 29.8 Å². The molecular weight excluding hydrogens is 376 g/mol. The Bertz CT molecular complexity index is 1040. The number of hydrogen-bond acceptors (Lipinski definition) is 4. The van der Waals surface area contributed by atoms with Gasteiger partial charge in [0.1, 0.15) is 0 Å². The summed E-state index contributed by atoms with van der Waals surface area (Å²) >= 11 is 0. The quantitative estimate of drug-likeness (QED) is 0.784. The molecule has 0 saturated carbocycles. The lowest BCUT2D eigenvalue weighted by atomic mass is 9.99. The van der Waals surface area contributed by atoms with E-state index in [1.165, 1.54) is 11.2 Å². The number of ketones is 1. The minimum Gasteiger partial charge on any atom is -0.326 e. The van der Waals surface area contributed by atoms with E-state index in [-0.39, 0.29) is 23.1 Å². The van der Waals surface area contributed by atoms with Crippen molar-refractivity contribution in [2.45, 2.75) is 25.2 Å². The molecule has 1 N–H and O–H groups in total. The van der Waals surface area contributed by atoms with Gasteiger partial charge in [-0.25, -0.2) is 8.42 Å². The molecule has 0 bridgehead atoms. The average Bonchev–Trinajstić information content (AvgIpc) is 2.68. The molecule has 0 atom stereocenters. The molecule has 2 aromatic carbocycles. The summed E-state index contributed by atoms with van der Waals surface area (Å²) in [5, 5.41) is 2.65. The Morgan fingerprint density at radius 3 is 2.39 bits per heavy atom. The van der Waals surface area contributed by atoms with Gasteiger partial charge in [-0.3, -0.25) is 9.59 Å². The molecule has 1 aliphatic rings. The van der Waals surface area contributed by atoms with Crippen molar-refractivity contribution < 1.29 is 18.0 Å². The van der Waals surface area contributed by atoms with Gasteiger partial charge in [-0.2, -0.15) is 4.31 Å². The molecule has 0 fully saturated rings. The number of nitrogens with one attached hydrogen (secondary N) is 1. The molecule has 0 spiro atoms. The summed E-state index contributed by atoms with van der Waals surface area (Å²) < 4.78 is 27.2. The number of Topliss-reactive ketones (excluding diaryl/α,β-unsaturated/α-hetero) is 1. The van der Waals surface area contributed by atoms with Gasteiger partial charge < -0.3 is 5.32 Å². The van der Waals surface area contributed by atoms with Crippen LogP contribution in [-0.2, 0) is 14.8 Å². The van der Waals surface area contributed by atoms with Gasteiger partial charge in [-0.1, -0.05) is 35.9 Å². The summed E-state index contributed by atoms with van der Waals surface area (Å²) in [7, 11) is -3.69. The lowest BCUT2D eigenvalue weighted by Crippen LogP contribution is -2.37. The van der Waals surface area contributed by atoms with Gasteiger partial charge in [-0.15, -0.1) is 0 Å². The second-order valence-electron chi connectivity index (χ2n) is 6.73.